The summed E-state index contributed by atoms with van der Waals surface area (Å²) in [6, 6.07) is 5.20. The normalized spacial score (nSPS) is 16.9. The summed E-state index contributed by atoms with van der Waals surface area (Å²) in [5, 5.41) is 5.81. The number of aliphatic imine (C=N–C) groups is 1. The van der Waals surface area contributed by atoms with E-state index in [1.807, 2.05) is 27.2 Å². The maximum Gasteiger partial charge on any atom is 0.197 e. The van der Waals surface area contributed by atoms with Crippen molar-refractivity contribution in [3.05, 3.63) is 50.7 Å². The SMILES string of the molecule is Cc1nc(/N=C/N(C)C)c(C(=O)c2ccc(Cl)c3nn(C4CCCCO4)cc23)cc1Br. The molecule has 2 aromatic heterocycles. The first-order valence-corrected chi connectivity index (χ1v) is 11.2. The molecule has 0 saturated carbocycles. The van der Waals surface area contributed by atoms with E-state index in [2.05, 4.69) is 31.0 Å². The largest absolute Gasteiger partial charge is 0.369 e. The number of pyridine rings is 1. The fourth-order valence-corrected chi connectivity index (χ4v) is 4.04. The number of carbonyl (C=O) groups is 1. The maximum atomic E-state index is 13.6. The number of rotatable bonds is 5. The van der Waals surface area contributed by atoms with Gasteiger partial charge < -0.3 is 9.64 Å². The molecule has 0 N–H and O–H groups in total. The van der Waals surface area contributed by atoms with Crippen molar-refractivity contribution in [2.45, 2.75) is 32.4 Å². The molecule has 1 atom stereocenters. The fourth-order valence-electron chi connectivity index (χ4n) is 3.52. The van der Waals surface area contributed by atoms with E-state index in [1.54, 1.807) is 34.1 Å². The van der Waals surface area contributed by atoms with Gasteiger partial charge >= 0.3 is 0 Å². The van der Waals surface area contributed by atoms with Crippen LogP contribution < -0.4 is 0 Å². The Bertz CT molecular complexity index is 1170. The van der Waals surface area contributed by atoms with E-state index in [9.17, 15) is 4.79 Å². The second-order valence-corrected chi connectivity index (χ2v) is 9.01. The lowest BCUT2D eigenvalue weighted by atomic mass is 10.0. The number of ketones is 1. The molecule has 1 fully saturated rings. The third-order valence-electron chi connectivity index (χ3n) is 5.13. The van der Waals surface area contributed by atoms with Crippen LogP contribution in [0.25, 0.3) is 10.9 Å². The lowest BCUT2D eigenvalue weighted by molar-refractivity contribution is -0.0390. The first-order valence-electron chi connectivity index (χ1n) is 10.1. The molecule has 7 nitrogen and oxygen atoms in total. The molecule has 0 amide bonds. The Morgan fingerprint density at radius 3 is 2.87 bits per heavy atom. The summed E-state index contributed by atoms with van der Waals surface area (Å²) in [5.74, 6) is 0.176. The minimum atomic E-state index is -0.190. The second-order valence-electron chi connectivity index (χ2n) is 7.75. The zero-order valence-corrected chi connectivity index (χ0v) is 19.9. The minimum absolute atomic E-state index is 0.143. The van der Waals surface area contributed by atoms with Gasteiger partial charge in [-0.1, -0.05) is 11.6 Å². The highest BCUT2D eigenvalue weighted by Gasteiger charge is 2.23. The van der Waals surface area contributed by atoms with Crippen LogP contribution in [0.4, 0.5) is 5.82 Å². The number of aromatic nitrogens is 3. The Labute approximate surface area is 194 Å². The average Bonchev–Trinajstić information content (AvgIpc) is 3.21. The highest BCUT2D eigenvalue weighted by molar-refractivity contribution is 9.10. The van der Waals surface area contributed by atoms with Gasteiger partial charge in [0.15, 0.2) is 11.6 Å². The Balaban J connectivity index is 1.82. The molecule has 9 heteroatoms. The number of fused-ring (bicyclic) bond motifs is 1. The van der Waals surface area contributed by atoms with E-state index < -0.39 is 0 Å². The van der Waals surface area contributed by atoms with Gasteiger partial charge in [0, 0.05) is 42.3 Å². The Hall–Kier alpha value is -2.29. The molecule has 1 aromatic carbocycles. The van der Waals surface area contributed by atoms with Crippen LogP contribution in [0.1, 0.15) is 47.1 Å². The van der Waals surface area contributed by atoms with E-state index in [0.717, 1.165) is 29.4 Å². The predicted octanol–water partition coefficient (Wildman–Crippen LogP) is 5.31. The quantitative estimate of drug-likeness (QED) is 0.268. The van der Waals surface area contributed by atoms with Crippen LogP contribution >= 0.6 is 27.5 Å². The number of hydrogen-bond acceptors (Lipinski definition) is 5. The maximum absolute atomic E-state index is 13.6. The number of aryl methyl sites for hydroxylation is 1. The molecule has 162 valence electrons. The highest BCUT2D eigenvalue weighted by Crippen LogP contribution is 2.33. The van der Waals surface area contributed by atoms with Crippen molar-refractivity contribution < 1.29 is 9.53 Å². The predicted molar refractivity (Wildman–Crippen MR) is 126 cm³/mol. The zero-order chi connectivity index (χ0) is 22.1. The van der Waals surface area contributed by atoms with Crippen molar-refractivity contribution in [3.8, 4) is 0 Å². The van der Waals surface area contributed by atoms with Crippen molar-refractivity contribution >= 4 is 56.4 Å². The molecule has 1 aliphatic heterocycles. The van der Waals surface area contributed by atoms with E-state index in [0.29, 0.717) is 39.5 Å². The van der Waals surface area contributed by atoms with Crippen LogP contribution in [0, 0.1) is 6.92 Å². The smallest absolute Gasteiger partial charge is 0.197 e. The van der Waals surface area contributed by atoms with Crippen LogP contribution in [0.5, 0.6) is 0 Å². The molecule has 0 radical (unpaired) electrons. The number of nitrogens with zero attached hydrogens (tertiary/aromatic N) is 5. The van der Waals surface area contributed by atoms with Crippen LogP contribution in [0.2, 0.25) is 5.02 Å². The summed E-state index contributed by atoms with van der Waals surface area (Å²) < 4.78 is 8.38. The van der Waals surface area contributed by atoms with E-state index >= 15 is 0 Å². The van der Waals surface area contributed by atoms with Gasteiger partial charge in [-0.15, -0.1) is 0 Å². The first-order chi connectivity index (χ1) is 14.8. The highest BCUT2D eigenvalue weighted by atomic mass is 79.9. The Morgan fingerprint density at radius 2 is 2.16 bits per heavy atom. The molecule has 4 rings (SSSR count). The molecular formula is C22H23BrClN5O2. The molecule has 0 aliphatic carbocycles. The van der Waals surface area contributed by atoms with Gasteiger partial charge in [0.1, 0.15) is 11.7 Å². The van der Waals surface area contributed by atoms with Crippen molar-refractivity contribution in [2.75, 3.05) is 20.7 Å². The van der Waals surface area contributed by atoms with Crippen molar-refractivity contribution in [1.29, 1.82) is 0 Å². The van der Waals surface area contributed by atoms with Crippen LogP contribution in [-0.2, 0) is 4.74 Å². The number of ether oxygens (including phenoxy) is 1. The van der Waals surface area contributed by atoms with Gasteiger partial charge in [0.2, 0.25) is 0 Å². The van der Waals surface area contributed by atoms with Crippen LogP contribution in [0.3, 0.4) is 0 Å². The molecule has 1 aliphatic rings. The molecule has 0 bridgehead atoms. The summed E-state index contributed by atoms with van der Waals surface area (Å²) in [6.45, 7) is 2.57. The average molecular weight is 505 g/mol. The molecular weight excluding hydrogens is 482 g/mol. The molecule has 3 aromatic rings. The van der Waals surface area contributed by atoms with Gasteiger partial charge in [-0.25, -0.2) is 14.7 Å². The molecule has 1 saturated heterocycles. The zero-order valence-electron chi connectivity index (χ0n) is 17.6. The molecule has 1 unspecified atom stereocenters. The topological polar surface area (TPSA) is 72.6 Å². The number of hydrogen-bond donors (Lipinski definition) is 0. The van der Waals surface area contributed by atoms with Crippen molar-refractivity contribution in [3.63, 3.8) is 0 Å². The first kappa shape index (κ1) is 21.9. The van der Waals surface area contributed by atoms with Crippen molar-refractivity contribution in [1.82, 2.24) is 19.7 Å². The Morgan fingerprint density at radius 1 is 1.35 bits per heavy atom. The van der Waals surface area contributed by atoms with E-state index in [-0.39, 0.29) is 12.0 Å². The number of halogens is 2. The lowest BCUT2D eigenvalue weighted by Crippen LogP contribution is -2.18. The summed E-state index contributed by atoms with van der Waals surface area (Å²) in [7, 11) is 3.72. The third-order valence-corrected chi connectivity index (χ3v) is 6.23. The van der Waals surface area contributed by atoms with Gasteiger partial charge in [0.25, 0.3) is 0 Å². The van der Waals surface area contributed by atoms with Crippen molar-refractivity contribution in [2.24, 2.45) is 4.99 Å². The third kappa shape index (κ3) is 4.51. The molecule has 31 heavy (non-hydrogen) atoms. The van der Waals surface area contributed by atoms with Gasteiger partial charge in [-0.2, -0.15) is 5.10 Å². The summed E-state index contributed by atoms with van der Waals surface area (Å²) in [5.41, 5.74) is 2.24. The van der Waals surface area contributed by atoms with Crippen LogP contribution in [-0.4, -0.2) is 52.5 Å². The van der Waals surface area contributed by atoms with Gasteiger partial charge in [-0.05, 0) is 60.3 Å². The molecule has 0 spiro atoms. The minimum Gasteiger partial charge on any atom is -0.369 e. The monoisotopic (exact) mass is 503 g/mol. The second kappa shape index (κ2) is 9.06. The lowest BCUT2D eigenvalue weighted by Gasteiger charge is -2.22. The van der Waals surface area contributed by atoms with Crippen LogP contribution in [0.15, 0.2) is 33.9 Å². The fraction of sp³-hybridized carbons (Fsp3) is 0.364. The van der Waals surface area contributed by atoms with E-state index in [1.165, 1.54) is 0 Å². The van der Waals surface area contributed by atoms with Gasteiger partial charge in [0.05, 0.1) is 22.6 Å². The molecule has 3 heterocycles. The summed E-state index contributed by atoms with van der Waals surface area (Å²) in [4.78, 5) is 24.3. The van der Waals surface area contributed by atoms with Gasteiger partial charge in [-0.3, -0.25) is 4.79 Å². The number of benzene rings is 1. The summed E-state index contributed by atoms with van der Waals surface area (Å²) >= 11 is 9.90. The number of carbonyl (C=O) groups excluding carboxylic acids is 1. The summed E-state index contributed by atoms with van der Waals surface area (Å²) in [6.07, 6.45) is 6.35. The van der Waals surface area contributed by atoms with E-state index in [4.69, 9.17) is 16.3 Å². The standard InChI is InChI=1S/C22H23BrClN5O2/c1-13-17(23)10-15(22(26-13)25-12-28(2)3)21(30)14-7-8-18(24)20-16(14)11-29(27-20)19-6-4-5-9-31-19/h7-8,10-12,19H,4-6,9H2,1-3H3/b25-12+. The Kier molecular flexibility index (Phi) is 6.41.